The molecule has 1 aromatic rings. The first-order valence-electron chi connectivity index (χ1n) is 5.75. The van der Waals surface area contributed by atoms with Gasteiger partial charge in [-0.1, -0.05) is 54.4 Å². The van der Waals surface area contributed by atoms with Gasteiger partial charge < -0.3 is 0 Å². The van der Waals surface area contributed by atoms with Crippen molar-refractivity contribution in [2.45, 2.75) is 45.4 Å². The molecule has 0 aromatic heterocycles. The molecule has 15 heavy (non-hydrogen) atoms. The average molecular weight is 269 g/mol. The molecule has 1 aromatic carbocycles. The number of alkyl halides is 1. The van der Waals surface area contributed by atoms with Crippen LogP contribution in [-0.4, -0.2) is 4.83 Å². The average Bonchev–Trinajstić information content (AvgIpc) is 2.17. The number of aryl methyl sites for hydroxylation is 2. The van der Waals surface area contributed by atoms with Crippen LogP contribution in [-0.2, 0) is 6.42 Å². The highest BCUT2D eigenvalue weighted by atomic mass is 79.9. The standard InChI is InChI=1S/C14H21Br/c1-5-13(12(4)15)9-14-10(2)7-6-8-11(14)3/h6-8,12-13H,5,9H2,1-4H3. The lowest BCUT2D eigenvalue weighted by Crippen LogP contribution is -2.14. The zero-order chi connectivity index (χ0) is 11.4. The van der Waals surface area contributed by atoms with E-state index in [4.69, 9.17) is 0 Å². The molecule has 0 spiro atoms. The quantitative estimate of drug-likeness (QED) is 0.697. The summed E-state index contributed by atoms with van der Waals surface area (Å²) in [5.41, 5.74) is 4.40. The van der Waals surface area contributed by atoms with Crippen molar-refractivity contribution in [3.05, 3.63) is 34.9 Å². The van der Waals surface area contributed by atoms with Crippen LogP contribution >= 0.6 is 15.9 Å². The summed E-state index contributed by atoms with van der Waals surface area (Å²) in [6.07, 6.45) is 2.43. The molecule has 0 saturated carbocycles. The highest BCUT2D eigenvalue weighted by Gasteiger charge is 2.15. The van der Waals surface area contributed by atoms with E-state index in [9.17, 15) is 0 Å². The van der Waals surface area contributed by atoms with Crippen molar-refractivity contribution >= 4 is 15.9 Å². The minimum Gasteiger partial charge on any atom is -0.0891 e. The van der Waals surface area contributed by atoms with Crippen LogP contribution in [0.5, 0.6) is 0 Å². The van der Waals surface area contributed by atoms with E-state index >= 15 is 0 Å². The van der Waals surface area contributed by atoms with Crippen LogP contribution in [0.15, 0.2) is 18.2 Å². The van der Waals surface area contributed by atoms with E-state index < -0.39 is 0 Å². The maximum Gasteiger partial charge on any atom is 0.0148 e. The molecule has 0 N–H and O–H groups in total. The van der Waals surface area contributed by atoms with Gasteiger partial charge in [0, 0.05) is 4.83 Å². The predicted octanol–water partition coefficient (Wildman–Crippen LogP) is 4.66. The maximum absolute atomic E-state index is 3.71. The Kier molecular flexibility index (Phi) is 4.85. The van der Waals surface area contributed by atoms with Crippen LogP contribution in [0.1, 0.15) is 37.0 Å². The summed E-state index contributed by atoms with van der Waals surface area (Å²) in [5, 5.41) is 0. The summed E-state index contributed by atoms with van der Waals surface area (Å²) in [5.74, 6) is 0.741. The minimum absolute atomic E-state index is 0.599. The van der Waals surface area contributed by atoms with E-state index in [1.54, 1.807) is 0 Å². The Hall–Kier alpha value is -0.300. The molecule has 0 amide bonds. The smallest absolute Gasteiger partial charge is 0.0148 e. The number of halogens is 1. The second-order valence-electron chi connectivity index (χ2n) is 4.42. The first kappa shape index (κ1) is 12.8. The van der Waals surface area contributed by atoms with Crippen LogP contribution in [0.4, 0.5) is 0 Å². The normalized spacial score (nSPS) is 15.0. The number of hydrogen-bond acceptors (Lipinski definition) is 0. The predicted molar refractivity (Wildman–Crippen MR) is 71.8 cm³/mol. The topological polar surface area (TPSA) is 0 Å². The zero-order valence-electron chi connectivity index (χ0n) is 10.2. The molecule has 1 rings (SSSR count). The van der Waals surface area contributed by atoms with Gasteiger partial charge in [-0.25, -0.2) is 0 Å². The molecule has 2 unspecified atom stereocenters. The Morgan fingerprint density at radius 1 is 1.20 bits per heavy atom. The van der Waals surface area contributed by atoms with Gasteiger partial charge in [0.25, 0.3) is 0 Å². The third kappa shape index (κ3) is 3.34. The molecule has 1 heteroatoms. The monoisotopic (exact) mass is 268 g/mol. The van der Waals surface area contributed by atoms with Crippen molar-refractivity contribution in [1.82, 2.24) is 0 Å². The van der Waals surface area contributed by atoms with Gasteiger partial charge in [-0.2, -0.15) is 0 Å². The summed E-state index contributed by atoms with van der Waals surface area (Å²) in [7, 11) is 0. The summed E-state index contributed by atoms with van der Waals surface area (Å²) < 4.78 is 0. The molecular formula is C14H21Br. The number of rotatable bonds is 4. The minimum atomic E-state index is 0.599. The highest BCUT2D eigenvalue weighted by molar-refractivity contribution is 9.09. The molecule has 0 radical (unpaired) electrons. The molecular weight excluding hydrogens is 248 g/mol. The lowest BCUT2D eigenvalue weighted by atomic mass is 9.90. The molecule has 0 bridgehead atoms. The second-order valence-corrected chi connectivity index (χ2v) is 5.86. The van der Waals surface area contributed by atoms with Crippen LogP contribution in [0.25, 0.3) is 0 Å². The van der Waals surface area contributed by atoms with E-state index in [0.29, 0.717) is 4.83 Å². The van der Waals surface area contributed by atoms with Crippen LogP contribution in [0, 0.1) is 19.8 Å². The molecule has 2 atom stereocenters. The molecule has 84 valence electrons. The highest BCUT2D eigenvalue weighted by Crippen LogP contribution is 2.24. The van der Waals surface area contributed by atoms with Crippen molar-refractivity contribution in [3.63, 3.8) is 0 Å². The van der Waals surface area contributed by atoms with E-state index in [-0.39, 0.29) is 0 Å². The lowest BCUT2D eigenvalue weighted by molar-refractivity contribution is 0.506. The zero-order valence-corrected chi connectivity index (χ0v) is 11.8. The van der Waals surface area contributed by atoms with Crippen molar-refractivity contribution in [3.8, 4) is 0 Å². The molecule has 0 heterocycles. The van der Waals surface area contributed by atoms with Gasteiger partial charge in [0.2, 0.25) is 0 Å². The van der Waals surface area contributed by atoms with Gasteiger partial charge in [-0.05, 0) is 42.9 Å². The Labute approximate surface area is 102 Å². The van der Waals surface area contributed by atoms with Gasteiger partial charge in [0.15, 0.2) is 0 Å². The third-order valence-corrected chi connectivity index (χ3v) is 4.03. The first-order chi connectivity index (χ1) is 7.06. The first-order valence-corrected chi connectivity index (χ1v) is 6.67. The molecule has 0 nitrogen and oxygen atoms in total. The van der Waals surface area contributed by atoms with Gasteiger partial charge in [0.05, 0.1) is 0 Å². The number of benzene rings is 1. The van der Waals surface area contributed by atoms with Crippen LogP contribution < -0.4 is 0 Å². The Bertz CT molecular complexity index is 295. The summed E-state index contributed by atoms with van der Waals surface area (Å²) in [6.45, 7) is 8.96. The van der Waals surface area contributed by atoms with Crippen molar-refractivity contribution < 1.29 is 0 Å². The Balaban J connectivity index is 2.87. The van der Waals surface area contributed by atoms with Gasteiger partial charge in [-0.15, -0.1) is 0 Å². The Morgan fingerprint density at radius 2 is 1.73 bits per heavy atom. The van der Waals surface area contributed by atoms with Crippen molar-refractivity contribution in [2.24, 2.45) is 5.92 Å². The summed E-state index contributed by atoms with van der Waals surface area (Å²) in [4.78, 5) is 0.599. The molecule has 0 aliphatic carbocycles. The van der Waals surface area contributed by atoms with E-state index in [1.165, 1.54) is 29.5 Å². The molecule has 0 aliphatic heterocycles. The fourth-order valence-electron chi connectivity index (χ4n) is 2.06. The fraction of sp³-hybridized carbons (Fsp3) is 0.571. The lowest BCUT2D eigenvalue weighted by Gasteiger charge is -2.20. The molecule has 0 aliphatic rings. The summed E-state index contributed by atoms with van der Waals surface area (Å²) in [6, 6.07) is 6.58. The maximum atomic E-state index is 3.71. The van der Waals surface area contributed by atoms with Crippen molar-refractivity contribution in [1.29, 1.82) is 0 Å². The largest absolute Gasteiger partial charge is 0.0891 e. The second kappa shape index (κ2) is 5.69. The van der Waals surface area contributed by atoms with Crippen LogP contribution in [0.3, 0.4) is 0 Å². The van der Waals surface area contributed by atoms with Crippen molar-refractivity contribution in [2.75, 3.05) is 0 Å². The van der Waals surface area contributed by atoms with Gasteiger partial charge in [-0.3, -0.25) is 0 Å². The third-order valence-electron chi connectivity index (χ3n) is 3.28. The van der Waals surface area contributed by atoms with E-state index in [1.807, 2.05) is 0 Å². The van der Waals surface area contributed by atoms with E-state index in [2.05, 4.69) is 61.8 Å². The molecule has 0 fully saturated rings. The SMILES string of the molecule is CCC(Cc1c(C)cccc1C)C(C)Br. The van der Waals surface area contributed by atoms with Gasteiger partial charge >= 0.3 is 0 Å². The van der Waals surface area contributed by atoms with Gasteiger partial charge in [0.1, 0.15) is 0 Å². The van der Waals surface area contributed by atoms with Crippen LogP contribution in [0.2, 0.25) is 0 Å². The fourth-order valence-corrected chi connectivity index (χ4v) is 2.63. The molecule has 0 saturated heterocycles. The Morgan fingerprint density at radius 3 is 2.13 bits per heavy atom. The van der Waals surface area contributed by atoms with E-state index in [0.717, 1.165) is 5.92 Å². The number of hydrogen-bond donors (Lipinski definition) is 0. The summed E-state index contributed by atoms with van der Waals surface area (Å²) >= 11 is 3.71.